The predicted octanol–water partition coefficient (Wildman–Crippen LogP) is 3.05. The minimum absolute atomic E-state index is 0.112. The number of nitrogens with zero attached hydrogens (tertiary/aromatic N) is 6. The number of hydrazone groups is 1. The normalized spacial score (nSPS) is 18.6. The molecule has 1 fully saturated rings. The van der Waals surface area contributed by atoms with Gasteiger partial charge in [0.05, 0.1) is 17.9 Å². The lowest BCUT2D eigenvalue weighted by Crippen LogP contribution is -2.52. The number of anilines is 1. The summed E-state index contributed by atoms with van der Waals surface area (Å²) in [4.78, 5) is 20.0. The third-order valence-corrected chi connectivity index (χ3v) is 5.14. The number of carbonyl (C=O) groups excluding carboxylic acids is 1. The Balaban J connectivity index is 1.45. The molecular formula is C20H17F3N6O. The zero-order valence-electron chi connectivity index (χ0n) is 15.8. The van der Waals surface area contributed by atoms with Crippen molar-refractivity contribution >= 4 is 17.9 Å². The second-order valence-corrected chi connectivity index (χ2v) is 6.99. The van der Waals surface area contributed by atoms with Gasteiger partial charge in [-0.2, -0.15) is 10.4 Å². The van der Waals surface area contributed by atoms with Crippen LogP contribution in [0.3, 0.4) is 0 Å². The average Bonchev–Trinajstić information content (AvgIpc) is 3.23. The molecule has 30 heavy (non-hydrogen) atoms. The molecule has 3 heterocycles. The Hall–Kier alpha value is -3.61. The molecular weight excluding hydrogens is 397 g/mol. The highest BCUT2D eigenvalue weighted by atomic mass is 19.1. The Kier molecular flexibility index (Phi) is 5.27. The number of piperazine rings is 1. The molecule has 2 aromatic rings. The maximum atomic E-state index is 14.1. The predicted molar refractivity (Wildman–Crippen MR) is 102 cm³/mol. The van der Waals surface area contributed by atoms with Gasteiger partial charge in [0.25, 0.3) is 0 Å². The topological polar surface area (TPSA) is 75.8 Å². The molecule has 154 valence electrons. The van der Waals surface area contributed by atoms with Crippen molar-refractivity contribution in [2.75, 3.05) is 31.1 Å². The Bertz CT molecular complexity index is 1030. The van der Waals surface area contributed by atoms with E-state index in [9.17, 15) is 18.0 Å². The number of rotatable bonds is 2. The van der Waals surface area contributed by atoms with E-state index < -0.39 is 23.5 Å². The lowest BCUT2D eigenvalue weighted by atomic mass is 10.0. The highest BCUT2D eigenvalue weighted by Crippen LogP contribution is 2.31. The molecule has 2 aliphatic heterocycles. The number of urea groups is 1. The molecule has 0 aliphatic carbocycles. The van der Waals surface area contributed by atoms with Gasteiger partial charge in [0, 0.05) is 50.9 Å². The van der Waals surface area contributed by atoms with Gasteiger partial charge in [0.2, 0.25) is 0 Å². The molecule has 0 radical (unpaired) electrons. The van der Waals surface area contributed by atoms with Crippen LogP contribution in [0.2, 0.25) is 0 Å². The first-order valence-electron chi connectivity index (χ1n) is 9.33. The van der Waals surface area contributed by atoms with Crippen LogP contribution < -0.4 is 4.90 Å². The van der Waals surface area contributed by atoms with E-state index in [0.717, 1.165) is 12.3 Å². The number of carbonyl (C=O) groups is 1. The second kappa shape index (κ2) is 8.02. The summed E-state index contributed by atoms with van der Waals surface area (Å²) in [6, 6.07) is 5.46. The molecule has 1 unspecified atom stereocenters. The number of hydrogen-bond acceptors (Lipinski definition) is 5. The Morgan fingerprint density at radius 2 is 1.77 bits per heavy atom. The Morgan fingerprint density at radius 3 is 2.43 bits per heavy atom. The molecule has 2 amide bonds. The summed E-state index contributed by atoms with van der Waals surface area (Å²) in [7, 11) is 0. The maximum absolute atomic E-state index is 14.1. The summed E-state index contributed by atoms with van der Waals surface area (Å²) in [6.45, 7) is 1.32. The lowest BCUT2D eigenvalue weighted by Gasteiger charge is -2.38. The fourth-order valence-corrected chi connectivity index (χ4v) is 3.66. The van der Waals surface area contributed by atoms with E-state index in [1.807, 2.05) is 6.07 Å². The standard InChI is InChI=1S/C20H17F3N6O/c21-14-7-13(8-15(22)9-14)18-1-2-26-29(18)20(30)28-5-3-27(4-6-28)19-10-16(11-24)25-12-17(19)23/h2,7-10,12,18H,1,3-6H2. The van der Waals surface area contributed by atoms with Crippen LogP contribution in [0.1, 0.15) is 23.7 Å². The van der Waals surface area contributed by atoms with Gasteiger partial charge in [-0.1, -0.05) is 0 Å². The zero-order chi connectivity index (χ0) is 21.3. The molecule has 0 saturated carbocycles. The van der Waals surface area contributed by atoms with Gasteiger partial charge in [-0.05, 0) is 17.7 Å². The second-order valence-electron chi connectivity index (χ2n) is 6.99. The lowest BCUT2D eigenvalue weighted by molar-refractivity contribution is 0.139. The van der Waals surface area contributed by atoms with Crippen LogP contribution in [0.25, 0.3) is 0 Å². The van der Waals surface area contributed by atoms with Gasteiger partial charge < -0.3 is 9.80 Å². The maximum Gasteiger partial charge on any atom is 0.341 e. The van der Waals surface area contributed by atoms with Crippen molar-refractivity contribution in [3.05, 3.63) is 59.2 Å². The fraction of sp³-hybridized carbons (Fsp3) is 0.300. The molecule has 0 N–H and O–H groups in total. The van der Waals surface area contributed by atoms with Crippen molar-refractivity contribution in [2.24, 2.45) is 5.10 Å². The van der Waals surface area contributed by atoms with Gasteiger partial charge in [-0.3, -0.25) is 0 Å². The summed E-state index contributed by atoms with van der Waals surface area (Å²) in [6.07, 6.45) is 2.90. The molecule has 1 aromatic carbocycles. The number of benzene rings is 1. The molecule has 7 nitrogen and oxygen atoms in total. The number of pyridine rings is 1. The van der Waals surface area contributed by atoms with Crippen molar-refractivity contribution in [1.29, 1.82) is 5.26 Å². The number of hydrogen-bond donors (Lipinski definition) is 0. The zero-order valence-corrected chi connectivity index (χ0v) is 15.8. The molecule has 10 heteroatoms. The molecule has 1 aromatic heterocycles. The largest absolute Gasteiger partial charge is 0.365 e. The van der Waals surface area contributed by atoms with Crippen LogP contribution in [0.4, 0.5) is 23.7 Å². The van der Waals surface area contributed by atoms with Crippen molar-refractivity contribution in [2.45, 2.75) is 12.5 Å². The van der Waals surface area contributed by atoms with Crippen LogP contribution in [-0.4, -0.2) is 53.3 Å². The van der Waals surface area contributed by atoms with E-state index in [4.69, 9.17) is 5.26 Å². The molecule has 1 saturated heterocycles. The highest BCUT2D eigenvalue weighted by molar-refractivity contribution is 5.78. The molecule has 4 rings (SSSR count). The van der Waals surface area contributed by atoms with E-state index in [1.165, 1.54) is 29.4 Å². The van der Waals surface area contributed by atoms with E-state index in [0.29, 0.717) is 38.2 Å². The SMILES string of the molecule is N#Cc1cc(N2CCN(C(=O)N3N=CCC3c3cc(F)cc(F)c3)CC2)c(F)cn1. The molecule has 2 aliphatic rings. The van der Waals surface area contributed by atoms with Crippen LogP contribution in [0.15, 0.2) is 35.6 Å². The smallest absolute Gasteiger partial charge is 0.341 e. The monoisotopic (exact) mass is 414 g/mol. The minimum atomic E-state index is -0.714. The van der Waals surface area contributed by atoms with E-state index in [1.54, 1.807) is 9.80 Å². The minimum Gasteiger partial charge on any atom is -0.365 e. The summed E-state index contributed by atoms with van der Waals surface area (Å²) >= 11 is 0. The first kappa shape index (κ1) is 19.7. The highest BCUT2D eigenvalue weighted by Gasteiger charge is 2.33. The van der Waals surface area contributed by atoms with Gasteiger partial charge in [0.15, 0.2) is 5.82 Å². The summed E-state index contributed by atoms with van der Waals surface area (Å²) in [5, 5.41) is 14.3. The molecule has 0 bridgehead atoms. The van der Waals surface area contributed by atoms with Crippen molar-refractivity contribution in [3.63, 3.8) is 0 Å². The Morgan fingerprint density at radius 1 is 1.07 bits per heavy atom. The quantitative estimate of drug-likeness (QED) is 0.757. The first-order chi connectivity index (χ1) is 14.5. The van der Waals surface area contributed by atoms with Crippen LogP contribution >= 0.6 is 0 Å². The summed E-state index contributed by atoms with van der Waals surface area (Å²) in [5.74, 6) is -1.96. The number of nitriles is 1. The first-order valence-corrected chi connectivity index (χ1v) is 9.33. The molecule has 1 atom stereocenters. The third kappa shape index (κ3) is 3.78. The number of halogens is 3. The fourth-order valence-electron chi connectivity index (χ4n) is 3.66. The summed E-state index contributed by atoms with van der Waals surface area (Å²) < 4.78 is 41.3. The van der Waals surface area contributed by atoms with E-state index >= 15 is 0 Å². The van der Waals surface area contributed by atoms with Crippen molar-refractivity contribution in [1.82, 2.24) is 14.9 Å². The van der Waals surface area contributed by atoms with Crippen LogP contribution in [-0.2, 0) is 0 Å². The number of aromatic nitrogens is 1. The van der Waals surface area contributed by atoms with Gasteiger partial charge in [0.1, 0.15) is 23.4 Å². The Labute approximate surface area is 170 Å². The van der Waals surface area contributed by atoms with Gasteiger partial charge in [-0.15, -0.1) is 0 Å². The third-order valence-electron chi connectivity index (χ3n) is 5.14. The van der Waals surface area contributed by atoms with E-state index in [2.05, 4.69) is 10.1 Å². The average molecular weight is 414 g/mol. The number of amides is 2. The van der Waals surface area contributed by atoms with Crippen molar-refractivity contribution in [3.8, 4) is 6.07 Å². The van der Waals surface area contributed by atoms with Gasteiger partial charge in [-0.25, -0.2) is 28.0 Å². The van der Waals surface area contributed by atoms with Gasteiger partial charge >= 0.3 is 6.03 Å². The van der Waals surface area contributed by atoms with E-state index in [-0.39, 0.29) is 17.4 Å². The van der Waals surface area contributed by atoms with Crippen molar-refractivity contribution < 1.29 is 18.0 Å². The van der Waals surface area contributed by atoms with Crippen LogP contribution in [0, 0.1) is 28.8 Å². The summed E-state index contributed by atoms with van der Waals surface area (Å²) in [5.41, 5.74) is 0.710. The molecule has 0 spiro atoms. The van der Waals surface area contributed by atoms with Crippen LogP contribution in [0.5, 0.6) is 0 Å².